The summed E-state index contributed by atoms with van der Waals surface area (Å²) in [5.41, 5.74) is 3.44. The Labute approximate surface area is 144 Å². The maximum Gasteiger partial charge on any atom is 0.255 e. The third kappa shape index (κ3) is 3.29. The molecule has 0 saturated heterocycles. The van der Waals surface area contributed by atoms with E-state index in [1.165, 1.54) is 0 Å². The summed E-state index contributed by atoms with van der Waals surface area (Å²) in [5, 5.41) is 9.38. The van der Waals surface area contributed by atoms with Crippen molar-refractivity contribution in [1.29, 1.82) is 0 Å². The lowest BCUT2D eigenvalue weighted by Gasteiger charge is -2.27. The molecule has 1 aliphatic heterocycles. The van der Waals surface area contributed by atoms with E-state index in [-0.39, 0.29) is 11.3 Å². The molecule has 3 aromatic rings. The van der Waals surface area contributed by atoms with Gasteiger partial charge in [0.05, 0.1) is 11.3 Å². The van der Waals surface area contributed by atoms with Crippen LogP contribution in [-0.4, -0.2) is 31.5 Å². The third-order valence-electron chi connectivity index (χ3n) is 4.43. The first-order valence-electron chi connectivity index (χ1n) is 8.22. The van der Waals surface area contributed by atoms with Gasteiger partial charge in [0.25, 0.3) is 5.56 Å². The smallest absolute Gasteiger partial charge is 0.255 e. The number of rotatable bonds is 3. The number of H-pyrrole nitrogens is 1. The molecule has 25 heavy (non-hydrogen) atoms. The Balaban J connectivity index is 1.57. The summed E-state index contributed by atoms with van der Waals surface area (Å²) in [5.74, 6) is 0.833. The van der Waals surface area contributed by atoms with Crippen molar-refractivity contribution >= 4 is 0 Å². The summed E-state index contributed by atoms with van der Waals surface area (Å²) in [4.78, 5) is 26.3. The van der Waals surface area contributed by atoms with Gasteiger partial charge in [-0.2, -0.15) is 0 Å². The summed E-state index contributed by atoms with van der Waals surface area (Å²) in [6.45, 7) is 2.16. The molecule has 1 aromatic carbocycles. The van der Waals surface area contributed by atoms with Gasteiger partial charge in [-0.1, -0.05) is 12.1 Å². The highest BCUT2D eigenvalue weighted by Gasteiger charge is 2.21. The number of aromatic hydroxyl groups is 1. The van der Waals surface area contributed by atoms with Crippen molar-refractivity contribution in [3.63, 3.8) is 0 Å². The minimum atomic E-state index is -0.0840. The molecule has 0 amide bonds. The zero-order chi connectivity index (χ0) is 17.2. The predicted molar refractivity (Wildman–Crippen MR) is 94.0 cm³/mol. The summed E-state index contributed by atoms with van der Waals surface area (Å²) >= 11 is 0. The fraction of sp³-hybridized carbons (Fsp3) is 0.211. The second-order valence-corrected chi connectivity index (χ2v) is 6.21. The molecule has 1 aliphatic rings. The van der Waals surface area contributed by atoms with Crippen LogP contribution in [0.15, 0.2) is 53.6 Å². The Morgan fingerprint density at radius 3 is 2.80 bits per heavy atom. The van der Waals surface area contributed by atoms with Gasteiger partial charge in [0.15, 0.2) is 0 Å². The highest BCUT2D eigenvalue weighted by Crippen LogP contribution is 2.20. The number of fused-ring (bicyclic) bond motifs is 1. The number of aromatic nitrogens is 3. The monoisotopic (exact) mass is 334 g/mol. The van der Waals surface area contributed by atoms with Crippen LogP contribution in [0.4, 0.5) is 0 Å². The van der Waals surface area contributed by atoms with Gasteiger partial charge in [-0.05, 0) is 29.8 Å². The van der Waals surface area contributed by atoms with Crippen LogP contribution >= 0.6 is 0 Å². The van der Waals surface area contributed by atoms with Crippen molar-refractivity contribution in [2.45, 2.75) is 19.5 Å². The van der Waals surface area contributed by atoms with Gasteiger partial charge < -0.3 is 10.1 Å². The lowest BCUT2D eigenvalue weighted by Crippen LogP contribution is -2.35. The average molecular weight is 334 g/mol. The molecule has 0 radical (unpaired) electrons. The van der Waals surface area contributed by atoms with E-state index in [0.29, 0.717) is 12.4 Å². The average Bonchev–Trinajstić information content (AvgIpc) is 2.65. The maximum atomic E-state index is 12.5. The number of phenolic OH excluding ortho intramolecular Hbond substituents is 1. The molecule has 0 aliphatic carbocycles. The molecule has 0 atom stereocenters. The van der Waals surface area contributed by atoms with E-state index in [4.69, 9.17) is 0 Å². The SMILES string of the molecule is O=c1[nH]c(-c2cccnc2)nc2c1CN(Cc1ccc(O)cc1)CC2. The van der Waals surface area contributed by atoms with Crippen LogP contribution in [0.25, 0.3) is 11.4 Å². The molecular formula is C19H18N4O2. The van der Waals surface area contributed by atoms with Crippen molar-refractivity contribution in [2.75, 3.05) is 6.54 Å². The fourth-order valence-electron chi connectivity index (χ4n) is 3.12. The first-order valence-corrected chi connectivity index (χ1v) is 8.22. The predicted octanol–water partition coefficient (Wildman–Crippen LogP) is 2.10. The maximum absolute atomic E-state index is 12.5. The van der Waals surface area contributed by atoms with E-state index >= 15 is 0 Å². The second-order valence-electron chi connectivity index (χ2n) is 6.21. The first kappa shape index (κ1) is 15.5. The third-order valence-corrected chi connectivity index (χ3v) is 4.43. The lowest BCUT2D eigenvalue weighted by molar-refractivity contribution is 0.242. The van der Waals surface area contributed by atoms with Crippen molar-refractivity contribution in [2.24, 2.45) is 0 Å². The number of benzene rings is 1. The number of hydrogen-bond donors (Lipinski definition) is 2. The van der Waals surface area contributed by atoms with Crippen LogP contribution < -0.4 is 5.56 Å². The molecule has 2 N–H and O–H groups in total. The van der Waals surface area contributed by atoms with Crippen molar-refractivity contribution < 1.29 is 5.11 Å². The molecule has 0 bridgehead atoms. The fourth-order valence-corrected chi connectivity index (χ4v) is 3.12. The van der Waals surface area contributed by atoms with E-state index in [1.54, 1.807) is 24.5 Å². The zero-order valence-electron chi connectivity index (χ0n) is 13.6. The largest absolute Gasteiger partial charge is 0.508 e. The van der Waals surface area contributed by atoms with Gasteiger partial charge in [-0.3, -0.25) is 14.7 Å². The summed E-state index contributed by atoms with van der Waals surface area (Å²) < 4.78 is 0. The number of phenols is 1. The lowest BCUT2D eigenvalue weighted by atomic mass is 10.1. The molecule has 2 aromatic heterocycles. The number of pyridine rings is 1. The molecular weight excluding hydrogens is 316 g/mol. The molecule has 6 nitrogen and oxygen atoms in total. The quantitative estimate of drug-likeness (QED) is 0.766. The van der Waals surface area contributed by atoms with Gasteiger partial charge in [0.2, 0.25) is 0 Å². The second kappa shape index (κ2) is 6.49. The summed E-state index contributed by atoms with van der Waals surface area (Å²) in [7, 11) is 0. The van der Waals surface area contributed by atoms with Gasteiger partial charge >= 0.3 is 0 Å². The van der Waals surface area contributed by atoms with E-state index in [1.807, 2.05) is 24.3 Å². The Kier molecular flexibility index (Phi) is 4.03. The van der Waals surface area contributed by atoms with Crippen LogP contribution in [0.3, 0.4) is 0 Å². The summed E-state index contributed by atoms with van der Waals surface area (Å²) in [6.07, 6.45) is 4.14. The molecule has 3 heterocycles. The van der Waals surface area contributed by atoms with Crippen molar-refractivity contribution in [1.82, 2.24) is 19.9 Å². The highest BCUT2D eigenvalue weighted by molar-refractivity contribution is 5.53. The molecule has 4 rings (SSSR count). The number of nitrogens with zero attached hydrogens (tertiary/aromatic N) is 3. The standard InChI is InChI=1S/C19H18N4O2/c24-15-5-3-13(4-6-15)11-23-9-7-17-16(12-23)19(25)22-18(21-17)14-2-1-8-20-10-14/h1-6,8,10,24H,7,9,11-12H2,(H,21,22,25). The minimum Gasteiger partial charge on any atom is -0.508 e. The molecule has 6 heteroatoms. The van der Waals surface area contributed by atoms with Gasteiger partial charge in [0.1, 0.15) is 11.6 Å². The zero-order valence-corrected chi connectivity index (χ0v) is 13.6. The number of aromatic amines is 1. The van der Waals surface area contributed by atoms with Crippen molar-refractivity contribution in [3.8, 4) is 17.1 Å². The molecule has 0 spiro atoms. The van der Waals surface area contributed by atoms with Crippen LogP contribution in [0.1, 0.15) is 16.8 Å². The van der Waals surface area contributed by atoms with Crippen LogP contribution in [0.5, 0.6) is 5.75 Å². The number of nitrogens with one attached hydrogen (secondary N) is 1. The molecule has 0 saturated carbocycles. The van der Waals surface area contributed by atoms with E-state index in [0.717, 1.165) is 41.9 Å². The van der Waals surface area contributed by atoms with Crippen molar-refractivity contribution in [3.05, 3.63) is 76.0 Å². The molecule has 126 valence electrons. The van der Waals surface area contributed by atoms with E-state index in [2.05, 4.69) is 19.9 Å². The topological polar surface area (TPSA) is 82.1 Å². The molecule has 0 unspecified atom stereocenters. The van der Waals surface area contributed by atoms with E-state index in [9.17, 15) is 9.90 Å². The Morgan fingerprint density at radius 2 is 2.04 bits per heavy atom. The molecule has 0 fully saturated rings. The Bertz CT molecular complexity index is 936. The highest BCUT2D eigenvalue weighted by atomic mass is 16.3. The van der Waals surface area contributed by atoms with Gasteiger partial charge in [0, 0.05) is 44.0 Å². The van der Waals surface area contributed by atoms with Gasteiger partial charge in [-0.15, -0.1) is 0 Å². The van der Waals surface area contributed by atoms with E-state index < -0.39 is 0 Å². The first-order chi connectivity index (χ1) is 12.2. The van der Waals surface area contributed by atoms with Crippen LogP contribution in [-0.2, 0) is 19.5 Å². The van der Waals surface area contributed by atoms with Crippen LogP contribution in [0.2, 0.25) is 0 Å². The Morgan fingerprint density at radius 1 is 1.20 bits per heavy atom. The van der Waals surface area contributed by atoms with Crippen LogP contribution in [0, 0.1) is 0 Å². The summed E-state index contributed by atoms with van der Waals surface area (Å²) in [6, 6.07) is 10.9. The Hall–Kier alpha value is -2.99. The normalized spacial score (nSPS) is 14.2. The van der Waals surface area contributed by atoms with Gasteiger partial charge in [-0.25, -0.2) is 4.98 Å². The number of hydrogen-bond acceptors (Lipinski definition) is 5. The minimum absolute atomic E-state index is 0.0840.